The highest BCUT2D eigenvalue weighted by atomic mass is 16.5. The van der Waals surface area contributed by atoms with Gasteiger partial charge in [-0.1, -0.05) is 6.07 Å². The van der Waals surface area contributed by atoms with Crippen molar-refractivity contribution in [2.24, 2.45) is 11.7 Å². The van der Waals surface area contributed by atoms with E-state index in [1.807, 2.05) is 13.0 Å². The van der Waals surface area contributed by atoms with Crippen LogP contribution in [-0.2, 0) is 13.1 Å². The van der Waals surface area contributed by atoms with E-state index in [4.69, 9.17) is 10.5 Å². The van der Waals surface area contributed by atoms with Crippen molar-refractivity contribution in [1.29, 1.82) is 0 Å². The van der Waals surface area contributed by atoms with Crippen LogP contribution < -0.4 is 10.5 Å². The maximum Gasteiger partial charge on any atom is 0.123 e. The monoisotopic (exact) mass is 264 g/mol. The molecule has 1 aliphatic rings. The highest BCUT2D eigenvalue weighted by molar-refractivity contribution is 5.37. The highest BCUT2D eigenvalue weighted by Gasteiger charge is 2.25. The van der Waals surface area contributed by atoms with Gasteiger partial charge < -0.3 is 15.6 Å². The van der Waals surface area contributed by atoms with Crippen molar-refractivity contribution in [3.05, 3.63) is 29.3 Å². The second-order valence-corrected chi connectivity index (χ2v) is 5.37. The van der Waals surface area contributed by atoms with Crippen molar-refractivity contribution in [3.63, 3.8) is 0 Å². The molecule has 0 radical (unpaired) electrons. The molecule has 2 rings (SSSR count). The third kappa shape index (κ3) is 3.47. The molecule has 4 nitrogen and oxygen atoms in total. The minimum Gasteiger partial charge on any atom is -0.496 e. The number of likely N-dealkylation sites (tertiary alicyclic amines) is 1. The van der Waals surface area contributed by atoms with Gasteiger partial charge in [-0.2, -0.15) is 0 Å². The smallest absolute Gasteiger partial charge is 0.123 e. The standard InChI is InChI=1S/C15H24N2O2/c1-11(18)13-5-6-17(10-13)9-12-3-4-15(19-2)14(7-12)8-16/h3-4,7,11,13,18H,5-6,8-10,16H2,1-2H3. The summed E-state index contributed by atoms with van der Waals surface area (Å²) < 4.78 is 5.28. The first kappa shape index (κ1) is 14.3. The summed E-state index contributed by atoms with van der Waals surface area (Å²) in [4.78, 5) is 2.39. The van der Waals surface area contributed by atoms with Gasteiger partial charge in [0.1, 0.15) is 5.75 Å². The minimum atomic E-state index is -0.208. The van der Waals surface area contributed by atoms with Crippen LogP contribution >= 0.6 is 0 Å². The van der Waals surface area contributed by atoms with Gasteiger partial charge >= 0.3 is 0 Å². The highest BCUT2D eigenvalue weighted by Crippen LogP contribution is 2.24. The molecule has 3 N–H and O–H groups in total. The number of aliphatic hydroxyl groups is 1. The molecule has 106 valence electrons. The lowest BCUT2D eigenvalue weighted by molar-refractivity contribution is 0.127. The number of hydrogen-bond donors (Lipinski definition) is 2. The van der Waals surface area contributed by atoms with Gasteiger partial charge in [0.2, 0.25) is 0 Å². The minimum absolute atomic E-state index is 0.208. The summed E-state index contributed by atoms with van der Waals surface area (Å²) in [6.45, 7) is 5.32. The van der Waals surface area contributed by atoms with E-state index in [0.717, 1.165) is 37.4 Å². The molecular weight excluding hydrogens is 240 g/mol. The van der Waals surface area contributed by atoms with E-state index in [2.05, 4.69) is 17.0 Å². The molecular formula is C15H24N2O2. The number of hydrogen-bond acceptors (Lipinski definition) is 4. The molecule has 2 atom stereocenters. The van der Waals surface area contributed by atoms with Gasteiger partial charge in [0.25, 0.3) is 0 Å². The zero-order chi connectivity index (χ0) is 13.8. The summed E-state index contributed by atoms with van der Waals surface area (Å²) in [6, 6.07) is 6.20. The van der Waals surface area contributed by atoms with Crippen LogP contribution in [0.5, 0.6) is 5.75 Å². The summed E-state index contributed by atoms with van der Waals surface area (Å²) in [5.74, 6) is 1.27. The van der Waals surface area contributed by atoms with Crippen LogP contribution in [0.2, 0.25) is 0 Å². The van der Waals surface area contributed by atoms with Crippen molar-refractivity contribution in [2.75, 3.05) is 20.2 Å². The van der Waals surface area contributed by atoms with Crippen LogP contribution in [-0.4, -0.2) is 36.3 Å². The fraction of sp³-hybridized carbons (Fsp3) is 0.600. The average Bonchev–Trinajstić information content (AvgIpc) is 2.87. The van der Waals surface area contributed by atoms with Crippen LogP contribution in [0.25, 0.3) is 0 Å². The summed E-state index contributed by atoms with van der Waals surface area (Å²) in [5.41, 5.74) is 8.04. The molecule has 0 spiro atoms. The van der Waals surface area contributed by atoms with Crippen LogP contribution in [0.1, 0.15) is 24.5 Å². The second kappa shape index (κ2) is 6.37. The lowest BCUT2D eigenvalue weighted by atomic mass is 10.0. The average molecular weight is 264 g/mol. The zero-order valence-electron chi connectivity index (χ0n) is 11.8. The van der Waals surface area contributed by atoms with Crippen molar-refractivity contribution < 1.29 is 9.84 Å². The van der Waals surface area contributed by atoms with Crippen LogP contribution in [0.4, 0.5) is 0 Å². The third-order valence-corrected chi connectivity index (χ3v) is 3.96. The van der Waals surface area contributed by atoms with Gasteiger partial charge in [-0.25, -0.2) is 0 Å². The summed E-state index contributed by atoms with van der Waals surface area (Å²) in [7, 11) is 1.67. The number of nitrogens with zero attached hydrogens (tertiary/aromatic N) is 1. The SMILES string of the molecule is COc1ccc(CN2CCC(C(C)O)C2)cc1CN. The van der Waals surface area contributed by atoms with Crippen LogP contribution in [0.15, 0.2) is 18.2 Å². The lowest BCUT2D eigenvalue weighted by Gasteiger charge is -2.18. The Labute approximate surface area is 115 Å². The van der Waals surface area contributed by atoms with Crippen LogP contribution in [0, 0.1) is 5.92 Å². The third-order valence-electron chi connectivity index (χ3n) is 3.96. The summed E-state index contributed by atoms with van der Waals surface area (Å²) in [5, 5.41) is 9.63. The Hall–Kier alpha value is -1.10. The Morgan fingerprint density at radius 2 is 2.32 bits per heavy atom. The summed E-state index contributed by atoms with van der Waals surface area (Å²) >= 11 is 0. The fourth-order valence-corrected chi connectivity index (χ4v) is 2.75. The van der Waals surface area contributed by atoms with Crippen molar-refractivity contribution in [3.8, 4) is 5.75 Å². The largest absolute Gasteiger partial charge is 0.496 e. The van der Waals surface area contributed by atoms with Gasteiger partial charge in [-0.3, -0.25) is 4.90 Å². The number of aliphatic hydroxyl groups excluding tert-OH is 1. The molecule has 1 aromatic carbocycles. The first-order chi connectivity index (χ1) is 9.13. The molecule has 19 heavy (non-hydrogen) atoms. The Morgan fingerprint density at radius 1 is 1.53 bits per heavy atom. The van der Waals surface area contributed by atoms with E-state index >= 15 is 0 Å². The summed E-state index contributed by atoms with van der Waals surface area (Å²) in [6.07, 6.45) is 0.873. The molecule has 1 saturated heterocycles. The predicted molar refractivity (Wildman–Crippen MR) is 76.0 cm³/mol. The number of nitrogens with two attached hydrogens (primary N) is 1. The Morgan fingerprint density at radius 3 is 2.89 bits per heavy atom. The molecule has 0 bridgehead atoms. The van der Waals surface area contributed by atoms with E-state index in [1.165, 1.54) is 5.56 Å². The maximum atomic E-state index is 9.63. The lowest BCUT2D eigenvalue weighted by Crippen LogP contribution is -2.24. The quantitative estimate of drug-likeness (QED) is 0.843. The first-order valence-corrected chi connectivity index (χ1v) is 6.90. The molecule has 0 saturated carbocycles. The zero-order valence-corrected chi connectivity index (χ0v) is 11.8. The molecule has 0 aromatic heterocycles. The van der Waals surface area contributed by atoms with Crippen molar-refractivity contribution in [1.82, 2.24) is 4.90 Å². The topological polar surface area (TPSA) is 58.7 Å². The first-order valence-electron chi connectivity index (χ1n) is 6.90. The molecule has 4 heteroatoms. The van der Waals surface area contributed by atoms with Crippen molar-refractivity contribution in [2.45, 2.75) is 32.5 Å². The second-order valence-electron chi connectivity index (χ2n) is 5.37. The number of benzene rings is 1. The van der Waals surface area contributed by atoms with Gasteiger partial charge in [0, 0.05) is 25.2 Å². The predicted octanol–water partition coefficient (Wildman–Crippen LogP) is 1.36. The number of rotatable bonds is 5. The molecule has 0 amide bonds. The molecule has 1 fully saturated rings. The van der Waals surface area contributed by atoms with Gasteiger partial charge in [-0.05, 0) is 43.5 Å². The van der Waals surface area contributed by atoms with E-state index in [0.29, 0.717) is 12.5 Å². The Kier molecular flexibility index (Phi) is 4.80. The molecule has 0 aliphatic carbocycles. The van der Waals surface area contributed by atoms with E-state index < -0.39 is 0 Å². The molecule has 2 unspecified atom stereocenters. The van der Waals surface area contributed by atoms with E-state index in [1.54, 1.807) is 7.11 Å². The van der Waals surface area contributed by atoms with Gasteiger partial charge in [-0.15, -0.1) is 0 Å². The molecule has 1 aliphatic heterocycles. The fourth-order valence-electron chi connectivity index (χ4n) is 2.75. The normalized spacial score (nSPS) is 21.6. The molecule has 1 aromatic rings. The number of ether oxygens (including phenoxy) is 1. The van der Waals surface area contributed by atoms with E-state index in [-0.39, 0.29) is 6.10 Å². The van der Waals surface area contributed by atoms with E-state index in [9.17, 15) is 5.11 Å². The maximum absolute atomic E-state index is 9.63. The van der Waals surface area contributed by atoms with Crippen LogP contribution in [0.3, 0.4) is 0 Å². The number of methoxy groups -OCH3 is 1. The van der Waals surface area contributed by atoms with Gasteiger partial charge in [0.05, 0.1) is 13.2 Å². The van der Waals surface area contributed by atoms with Crippen molar-refractivity contribution >= 4 is 0 Å². The Bertz CT molecular complexity index is 421. The Balaban J connectivity index is 2.00. The molecule has 1 heterocycles. The van der Waals surface area contributed by atoms with Gasteiger partial charge in [0.15, 0.2) is 0 Å².